The quantitative estimate of drug-likeness (QED) is 0.758. The van der Waals surface area contributed by atoms with E-state index in [4.69, 9.17) is 16.3 Å². The molecule has 0 aromatic heterocycles. The van der Waals surface area contributed by atoms with E-state index in [1.54, 1.807) is 0 Å². The van der Waals surface area contributed by atoms with Crippen molar-refractivity contribution in [2.24, 2.45) is 0 Å². The minimum absolute atomic E-state index is 0.0812. The second-order valence-corrected chi connectivity index (χ2v) is 5.43. The Morgan fingerprint density at radius 1 is 1.12 bits per heavy atom. The Morgan fingerprint density at radius 3 is 2.50 bits per heavy atom. The number of rotatable bonds is 2. The minimum Gasteiger partial charge on any atom is -0.368 e. The van der Waals surface area contributed by atoms with Crippen LogP contribution in [0.5, 0.6) is 0 Å². The average molecular weight is 246 g/mol. The zero-order chi connectivity index (χ0) is 11.4. The van der Waals surface area contributed by atoms with Gasteiger partial charge >= 0.3 is 0 Å². The van der Waals surface area contributed by atoms with Gasteiger partial charge in [-0.2, -0.15) is 0 Å². The summed E-state index contributed by atoms with van der Waals surface area (Å²) in [4.78, 5) is 11.9. The lowest BCUT2D eigenvalue weighted by Gasteiger charge is -2.28. The fourth-order valence-corrected chi connectivity index (χ4v) is 2.69. The summed E-state index contributed by atoms with van der Waals surface area (Å²) in [6.45, 7) is 0.729. The predicted molar refractivity (Wildman–Crippen MR) is 63.6 cm³/mol. The summed E-state index contributed by atoms with van der Waals surface area (Å²) >= 11 is 6.03. The second-order valence-electron chi connectivity index (χ2n) is 4.81. The van der Waals surface area contributed by atoms with E-state index in [0.29, 0.717) is 11.4 Å². The summed E-state index contributed by atoms with van der Waals surface area (Å²) in [5.74, 6) is 0.0812. The molecule has 2 rings (SSSR count). The summed E-state index contributed by atoms with van der Waals surface area (Å²) in [5.41, 5.74) is 0. The number of amides is 1. The number of nitrogens with one attached hydrogen (secondary N) is 1. The van der Waals surface area contributed by atoms with Crippen LogP contribution in [-0.2, 0) is 9.53 Å². The molecule has 92 valence electrons. The molecule has 1 atom stereocenters. The molecule has 1 unspecified atom stereocenters. The molecule has 1 aliphatic carbocycles. The van der Waals surface area contributed by atoms with Gasteiger partial charge in [0.1, 0.15) is 6.10 Å². The Kier molecular flexibility index (Phi) is 4.47. The zero-order valence-electron chi connectivity index (χ0n) is 9.58. The molecule has 1 heterocycles. The molecule has 1 amide bonds. The number of carbonyl (C=O) groups excluding carboxylic acids is 1. The first kappa shape index (κ1) is 12.2. The lowest BCUT2D eigenvalue weighted by molar-refractivity contribution is -0.136. The molecule has 2 fully saturated rings. The first-order valence-corrected chi connectivity index (χ1v) is 6.75. The molecule has 2 aliphatic rings. The van der Waals surface area contributed by atoms with Gasteiger partial charge in [0.15, 0.2) is 0 Å². The van der Waals surface area contributed by atoms with Crippen LogP contribution in [0.25, 0.3) is 0 Å². The molecule has 16 heavy (non-hydrogen) atoms. The van der Waals surface area contributed by atoms with Crippen LogP contribution in [-0.4, -0.2) is 30.0 Å². The molecule has 0 aromatic rings. The second kappa shape index (κ2) is 5.87. The standard InChI is InChI=1S/C12H20ClNO2/c13-9-4-6-10(7-5-9)14-12(15)11-3-1-2-8-16-11/h9-11H,1-8H2,(H,14,15). The Hall–Kier alpha value is -0.280. The van der Waals surface area contributed by atoms with Crippen molar-refractivity contribution in [1.82, 2.24) is 5.32 Å². The summed E-state index contributed by atoms with van der Waals surface area (Å²) < 4.78 is 5.46. The van der Waals surface area contributed by atoms with Crippen LogP contribution in [0.15, 0.2) is 0 Å². The summed E-state index contributed by atoms with van der Waals surface area (Å²) in [6, 6.07) is 0.313. The van der Waals surface area contributed by atoms with Crippen LogP contribution in [0.3, 0.4) is 0 Å². The number of halogens is 1. The van der Waals surface area contributed by atoms with Gasteiger partial charge in [0, 0.05) is 18.0 Å². The van der Waals surface area contributed by atoms with Gasteiger partial charge in [-0.05, 0) is 44.9 Å². The first-order chi connectivity index (χ1) is 7.75. The van der Waals surface area contributed by atoms with Gasteiger partial charge in [0.2, 0.25) is 5.91 Å². The largest absolute Gasteiger partial charge is 0.368 e. The number of alkyl halides is 1. The number of ether oxygens (including phenoxy) is 1. The molecular weight excluding hydrogens is 226 g/mol. The third-order valence-electron chi connectivity index (χ3n) is 3.48. The topological polar surface area (TPSA) is 38.3 Å². The third-order valence-corrected chi connectivity index (χ3v) is 3.91. The molecule has 4 heteroatoms. The molecule has 0 aromatic carbocycles. The van der Waals surface area contributed by atoms with Crippen molar-refractivity contribution in [3.63, 3.8) is 0 Å². The molecule has 0 bridgehead atoms. The van der Waals surface area contributed by atoms with Crippen molar-refractivity contribution in [2.45, 2.75) is 62.5 Å². The van der Waals surface area contributed by atoms with Crippen LogP contribution in [0, 0.1) is 0 Å². The zero-order valence-corrected chi connectivity index (χ0v) is 10.3. The summed E-state index contributed by atoms with van der Waals surface area (Å²) in [5, 5.41) is 3.39. The third kappa shape index (κ3) is 3.36. The fourth-order valence-electron chi connectivity index (χ4n) is 2.44. The van der Waals surface area contributed by atoms with E-state index < -0.39 is 0 Å². The van der Waals surface area contributed by atoms with Crippen molar-refractivity contribution < 1.29 is 9.53 Å². The van der Waals surface area contributed by atoms with E-state index in [-0.39, 0.29) is 12.0 Å². The summed E-state index contributed by atoms with van der Waals surface area (Å²) in [7, 11) is 0. The average Bonchev–Trinajstić information content (AvgIpc) is 2.33. The normalized spacial score (nSPS) is 35.7. The molecule has 0 radical (unpaired) electrons. The Bertz CT molecular complexity index is 233. The van der Waals surface area contributed by atoms with E-state index in [1.165, 1.54) is 0 Å². The van der Waals surface area contributed by atoms with Crippen molar-refractivity contribution in [1.29, 1.82) is 0 Å². The Morgan fingerprint density at radius 2 is 1.88 bits per heavy atom. The van der Waals surface area contributed by atoms with Crippen LogP contribution < -0.4 is 5.32 Å². The van der Waals surface area contributed by atoms with E-state index in [0.717, 1.165) is 51.6 Å². The highest BCUT2D eigenvalue weighted by Gasteiger charge is 2.26. The molecule has 1 saturated heterocycles. The molecule has 3 nitrogen and oxygen atoms in total. The van der Waals surface area contributed by atoms with Crippen molar-refractivity contribution in [3.8, 4) is 0 Å². The maximum absolute atomic E-state index is 11.9. The van der Waals surface area contributed by atoms with Gasteiger partial charge in [0.05, 0.1) is 0 Å². The Labute approximate surface area is 102 Å². The van der Waals surface area contributed by atoms with E-state index in [9.17, 15) is 4.79 Å². The smallest absolute Gasteiger partial charge is 0.249 e. The van der Waals surface area contributed by atoms with Crippen LogP contribution in [0.2, 0.25) is 0 Å². The molecule has 1 N–H and O–H groups in total. The first-order valence-electron chi connectivity index (χ1n) is 6.32. The van der Waals surface area contributed by atoms with Crippen molar-refractivity contribution in [3.05, 3.63) is 0 Å². The van der Waals surface area contributed by atoms with Crippen LogP contribution >= 0.6 is 11.6 Å². The molecule has 0 spiro atoms. The summed E-state index contributed by atoms with van der Waals surface area (Å²) in [6.07, 6.45) is 6.89. The predicted octanol–water partition coefficient (Wildman–Crippen LogP) is 2.22. The van der Waals surface area contributed by atoms with Gasteiger partial charge < -0.3 is 10.1 Å². The van der Waals surface area contributed by atoms with E-state index in [1.807, 2.05) is 0 Å². The highest BCUT2D eigenvalue weighted by atomic mass is 35.5. The van der Waals surface area contributed by atoms with E-state index >= 15 is 0 Å². The Balaban J connectivity index is 1.73. The molecule has 1 saturated carbocycles. The maximum Gasteiger partial charge on any atom is 0.249 e. The molecule has 1 aliphatic heterocycles. The van der Waals surface area contributed by atoms with Gasteiger partial charge in [-0.1, -0.05) is 0 Å². The van der Waals surface area contributed by atoms with Crippen LogP contribution in [0.1, 0.15) is 44.9 Å². The van der Waals surface area contributed by atoms with E-state index in [2.05, 4.69) is 5.32 Å². The lowest BCUT2D eigenvalue weighted by atomic mass is 9.94. The highest BCUT2D eigenvalue weighted by molar-refractivity contribution is 6.20. The maximum atomic E-state index is 11.9. The van der Waals surface area contributed by atoms with Gasteiger partial charge in [-0.25, -0.2) is 0 Å². The van der Waals surface area contributed by atoms with Crippen molar-refractivity contribution >= 4 is 17.5 Å². The molecular formula is C12H20ClNO2. The van der Waals surface area contributed by atoms with Crippen molar-refractivity contribution in [2.75, 3.05) is 6.61 Å². The highest BCUT2D eigenvalue weighted by Crippen LogP contribution is 2.23. The van der Waals surface area contributed by atoms with Crippen LogP contribution in [0.4, 0.5) is 0 Å². The monoisotopic (exact) mass is 245 g/mol. The minimum atomic E-state index is -0.206. The van der Waals surface area contributed by atoms with Gasteiger partial charge in [-0.3, -0.25) is 4.79 Å². The fraction of sp³-hybridized carbons (Fsp3) is 0.917. The number of carbonyl (C=O) groups is 1. The number of hydrogen-bond donors (Lipinski definition) is 1. The lowest BCUT2D eigenvalue weighted by Crippen LogP contribution is -2.45. The van der Waals surface area contributed by atoms with Gasteiger partial charge in [0.25, 0.3) is 0 Å². The number of hydrogen-bond acceptors (Lipinski definition) is 2. The van der Waals surface area contributed by atoms with Gasteiger partial charge in [-0.15, -0.1) is 11.6 Å². The SMILES string of the molecule is O=C(NC1CCC(Cl)CC1)C1CCCCO1.